The van der Waals surface area contributed by atoms with Gasteiger partial charge in [0.2, 0.25) is 0 Å². The number of rotatable bonds is 10. The van der Waals surface area contributed by atoms with Crippen molar-refractivity contribution in [3.63, 3.8) is 0 Å². The van der Waals surface area contributed by atoms with E-state index in [-0.39, 0.29) is 12.5 Å². The zero-order valence-electron chi connectivity index (χ0n) is 19.5. The monoisotopic (exact) mass is 446 g/mol. The number of nitrogens with zero attached hydrogens (tertiary/aromatic N) is 1. The molecule has 3 aromatic rings. The first-order chi connectivity index (χ1) is 16.0. The summed E-state index contributed by atoms with van der Waals surface area (Å²) in [5.41, 5.74) is 6.48. The molecule has 0 aromatic heterocycles. The Morgan fingerprint density at radius 3 is 2.48 bits per heavy atom. The number of nitrogens with one attached hydrogen (secondary N) is 1. The van der Waals surface area contributed by atoms with Crippen molar-refractivity contribution in [1.29, 1.82) is 0 Å². The summed E-state index contributed by atoms with van der Waals surface area (Å²) in [6.45, 7) is 6.51. The zero-order chi connectivity index (χ0) is 23.6. The van der Waals surface area contributed by atoms with Crippen LogP contribution in [-0.4, -0.2) is 25.8 Å². The van der Waals surface area contributed by atoms with E-state index in [9.17, 15) is 4.79 Å². The highest BCUT2D eigenvalue weighted by Crippen LogP contribution is 2.29. The maximum absolute atomic E-state index is 12.2. The van der Waals surface area contributed by atoms with Crippen molar-refractivity contribution in [1.82, 2.24) is 5.43 Å². The maximum atomic E-state index is 12.2. The minimum absolute atomic E-state index is 0.115. The van der Waals surface area contributed by atoms with E-state index in [1.807, 2.05) is 67.6 Å². The summed E-state index contributed by atoms with van der Waals surface area (Å²) in [5.74, 6) is 1.91. The van der Waals surface area contributed by atoms with Crippen LogP contribution < -0.4 is 19.6 Å². The first-order valence-electron chi connectivity index (χ1n) is 10.9. The second-order valence-electron chi connectivity index (χ2n) is 7.96. The second kappa shape index (κ2) is 11.7. The molecule has 1 N–H and O–H groups in total. The van der Waals surface area contributed by atoms with Crippen molar-refractivity contribution >= 4 is 12.1 Å². The van der Waals surface area contributed by atoms with Crippen LogP contribution in [0.4, 0.5) is 0 Å². The molecule has 6 nitrogen and oxygen atoms in total. The molecule has 0 bridgehead atoms. The molecular weight excluding hydrogens is 416 g/mol. The molecule has 33 heavy (non-hydrogen) atoms. The minimum atomic E-state index is -0.336. The third-order valence-corrected chi connectivity index (χ3v) is 4.98. The number of carbonyl (C=O) groups is 1. The van der Waals surface area contributed by atoms with Gasteiger partial charge in [0.1, 0.15) is 12.4 Å². The summed E-state index contributed by atoms with van der Waals surface area (Å²) in [5, 5.41) is 4.03. The van der Waals surface area contributed by atoms with Gasteiger partial charge in [0, 0.05) is 0 Å². The average Bonchev–Trinajstić information content (AvgIpc) is 2.82. The number of hydrogen-bond donors (Lipinski definition) is 1. The van der Waals surface area contributed by atoms with Crippen molar-refractivity contribution in [3.05, 3.63) is 89.0 Å². The summed E-state index contributed by atoms with van der Waals surface area (Å²) in [4.78, 5) is 12.2. The molecule has 3 rings (SSSR count). The second-order valence-corrected chi connectivity index (χ2v) is 7.96. The van der Waals surface area contributed by atoms with Crippen LogP contribution in [0.25, 0.3) is 0 Å². The smallest absolute Gasteiger partial charge is 0.277 e. The van der Waals surface area contributed by atoms with Crippen molar-refractivity contribution in [2.45, 2.75) is 33.3 Å². The fourth-order valence-electron chi connectivity index (χ4n) is 3.22. The van der Waals surface area contributed by atoms with Gasteiger partial charge in [0.25, 0.3) is 5.91 Å². The molecule has 1 amide bonds. The summed E-state index contributed by atoms with van der Waals surface area (Å²) in [7, 11) is 1.58. The van der Waals surface area contributed by atoms with Gasteiger partial charge in [0.05, 0.1) is 13.3 Å². The lowest BCUT2D eigenvalue weighted by Crippen LogP contribution is -2.25. The highest BCUT2D eigenvalue weighted by Gasteiger charge is 2.10. The number of amides is 1. The van der Waals surface area contributed by atoms with Gasteiger partial charge < -0.3 is 14.2 Å². The number of hydrogen-bond acceptors (Lipinski definition) is 5. The third kappa shape index (κ3) is 7.10. The van der Waals surface area contributed by atoms with Crippen molar-refractivity contribution in [2.75, 3.05) is 13.7 Å². The van der Waals surface area contributed by atoms with E-state index in [0.29, 0.717) is 24.0 Å². The molecule has 0 saturated heterocycles. The normalized spacial score (nSPS) is 10.9. The van der Waals surface area contributed by atoms with Crippen molar-refractivity contribution < 1.29 is 19.0 Å². The van der Waals surface area contributed by atoms with Crippen LogP contribution in [0.2, 0.25) is 0 Å². The summed E-state index contributed by atoms with van der Waals surface area (Å²) >= 11 is 0. The molecule has 3 aromatic carbocycles. The van der Waals surface area contributed by atoms with Gasteiger partial charge in [-0.15, -0.1) is 0 Å². The predicted octanol–water partition coefficient (Wildman–Crippen LogP) is 5.24. The van der Waals surface area contributed by atoms with E-state index < -0.39 is 0 Å². The molecule has 172 valence electrons. The molecule has 6 heteroatoms. The van der Waals surface area contributed by atoms with Crippen LogP contribution in [0.1, 0.15) is 42.0 Å². The molecule has 0 fully saturated rings. The van der Waals surface area contributed by atoms with E-state index in [0.717, 1.165) is 28.0 Å². The Morgan fingerprint density at radius 2 is 1.76 bits per heavy atom. The topological polar surface area (TPSA) is 69.2 Å². The van der Waals surface area contributed by atoms with Crippen molar-refractivity contribution in [3.8, 4) is 17.2 Å². The molecule has 0 unspecified atom stereocenters. The highest BCUT2D eigenvalue weighted by molar-refractivity contribution is 5.83. The Balaban J connectivity index is 1.54. The lowest BCUT2D eigenvalue weighted by molar-refractivity contribution is -0.123. The molecular formula is C27H30N2O4. The largest absolute Gasteiger partial charge is 0.493 e. The Bertz CT molecular complexity index is 1090. The standard InChI is InChI=1S/C27H30N2O4/c1-19(2)23-12-10-20(3)14-25(23)33-18-27(30)29-28-16-22-11-13-24(26(15-22)31-4)32-17-21-8-6-5-7-9-21/h5-16,19H,17-18H2,1-4H3,(H,29,30). The number of hydrazone groups is 1. The first kappa shape index (κ1) is 23.9. The Labute approximate surface area is 195 Å². The van der Waals surface area contributed by atoms with Gasteiger partial charge in [-0.1, -0.05) is 56.3 Å². The fourth-order valence-corrected chi connectivity index (χ4v) is 3.22. The molecule has 0 aliphatic heterocycles. The van der Waals surface area contributed by atoms with Gasteiger partial charge in [0.15, 0.2) is 18.1 Å². The van der Waals surface area contributed by atoms with Gasteiger partial charge in [-0.2, -0.15) is 5.10 Å². The van der Waals surface area contributed by atoms with Crippen LogP contribution in [0.15, 0.2) is 71.8 Å². The Kier molecular flexibility index (Phi) is 8.47. The predicted molar refractivity (Wildman–Crippen MR) is 130 cm³/mol. The summed E-state index contributed by atoms with van der Waals surface area (Å²) in [6.07, 6.45) is 1.55. The van der Waals surface area contributed by atoms with Gasteiger partial charge in [-0.3, -0.25) is 4.79 Å². The number of benzene rings is 3. The average molecular weight is 447 g/mol. The van der Waals surface area contributed by atoms with E-state index in [1.54, 1.807) is 19.4 Å². The molecule has 0 heterocycles. The van der Waals surface area contributed by atoms with Gasteiger partial charge >= 0.3 is 0 Å². The van der Waals surface area contributed by atoms with Crippen LogP contribution >= 0.6 is 0 Å². The maximum Gasteiger partial charge on any atom is 0.277 e. The van der Waals surface area contributed by atoms with E-state index >= 15 is 0 Å². The van der Waals surface area contributed by atoms with E-state index in [1.165, 1.54) is 0 Å². The first-order valence-corrected chi connectivity index (χ1v) is 10.9. The van der Waals surface area contributed by atoms with E-state index in [2.05, 4.69) is 24.4 Å². The fraction of sp³-hybridized carbons (Fsp3) is 0.259. The number of carbonyl (C=O) groups excluding carboxylic acids is 1. The van der Waals surface area contributed by atoms with E-state index in [4.69, 9.17) is 14.2 Å². The van der Waals surface area contributed by atoms with Crippen LogP contribution in [0.3, 0.4) is 0 Å². The van der Waals surface area contributed by atoms with Crippen LogP contribution in [0, 0.1) is 6.92 Å². The minimum Gasteiger partial charge on any atom is -0.493 e. The number of methoxy groups -OCH3 is 1. The Hall–Kier alpha value is -3.80. The van der Waals surface area contributed by atoms with Crippen LogP contribution in [-0.2, 0) is 11.4 Å². The SMILES string of the molecule is COc1cc(C=NNC(=O)COc2cc(C)ccc2C(C)C)ccc1OCc1ccccc1. The van der Waals surface area contributed by atoms with Gasteiger partial charge in [-0.05, 0) is 59.4 Å². The summed E-state index contributed by atoms with van der Waals surface area (Å²) < 4.78 is 17.0. The summed E-state index contributed by atoms with van der Waals surface area (Å²) in [6, 6.07) is 21.4. The van der Waals surface area contributed by atoms with Gasteiger partial charge in [-0.25, -0.2) is 5.43 Å². The van der Waals surface area contributed by atoms with Crippen molar-refractivity contribution in [2.24, 2.45) is 5.10 Å². The third-order valence-electron chi connectivity index (χ3n) is 4.98. The lowest BCUT2D eigenvalue weighted by Gasteiger charge is -2.14. The molecule has 0 spiro atoms. The zero-order valence-corrected chi connectivity index (χ0v) is 19.5. The molecule has 0 aliphatic rings. The Morgan fingerprint density at radius 1 is 0.970 bits per heavy atom. The quantitative estimate of drug-likeness (QED) is 0.342. The highest BCUT2D eigenvalue weighted by atomic mass is 16.5. The number of aryl methyl sites for hydroxylation is 1. The molecule has 0 radical (unpaired) electrons. The lowest BCUT2D eigenvalue weighted by atomic mass is 10.0. The molecule has 0 atom stereocenters. The number of ether oxygens (including phenoxy) is 3. The molecule has 0 aliphatic carbocycles. The molecule has 0 saturated carbocycles. The van der Waals surface area contributed by atoms with Crippen LogP contribution in [0.5, 0.6) is 17.2 Å².